The van der Waals surface area contributed by atoms with E-state index in [0.717, 1.165) is 44.0 Å². The molecule has 0 radical (unpaired) electrons. The molecule has 0 aliphatic rings. The smallest absolute Gasteiger partial charge is 0.224 e. The zero-order valence-corrected chi connectivity index (χ0v) is 20.6. The van der Waals surface area contributed by atoms with E-state index in [2.05, 4.69) is 21.2 Å². The number of benzene rings is 2. The number of nitrogens with zero attached hydrogens (tertiary/aromatic N) is 3. The monoisotopic (exact) mass is 508 g/mol. The van der Waals surface area contributed by atoms with Crippen molar-refractivity contribution in [2.75, 3.05) is 19.5 Å². The summed E-state index contributed by atoms with van der Waals surface area (Å²) < 4.78 is 13.6. The number of hydrogen-bond donors (Lipinski definition) is 1. The van der Waals surface area contributed by atoms with Crippen LogP contribution < -0.4 is 14.8 Å². The number of halogens is 1. The Kier molecular flexibility index (Phi) is 6.65. The van der Waals surface area contributed by atoms with E-state index >= 15 is 0 Å². The summed E-state index contributed by atoms with van der Waals surface area (Å²) in [7, 11) is 3.25. The SMILES string of the molecule is COc1ccc(-c2cc3nc(C)c(CCC(=O)Nc4ccc(Br)cc4)c(C)n3n2)c(OC)c1. The van der Waals surface area contributed by atoms with E-state index in [4.69, 9.17) is 19.6 Å². The van der Waals surface area contributed by atoms with Gasteiger partial charge < -0.3 is 14.8 Å². The molecule has 2 aromatic carbocycles. The fourth-order valence-corrected chi connectivity index (χ4v) is 4.09. The number of fused-ring (bicyclic) bond motifs is 1. The number of hydrogen-bond acceptors (Lipinski definition) is 5. The molecule has 0 saturated heterocycles. The summed E-state index contributed by atoms with van der Waals surface area (Å²) in [4.78, 5) is 17.2. The molecule has 0 unspecified atom stereocenters. The fourth-order valence-electron chi connectivity index (χ4n) is 3.83. The minimum Gasteiger partial charge on any atom is -0.497 e. The minimum atomic E-state index is -0.0413. The molecule has 170 valence electrons. The van der Waals surface area contributed by atoms with E-state index in [-0.39, 0.29) is 5.91 Å². The number of carbonyl (C=O) groups excluding carboxylic acids is 1. The van der Waals surface area contributed by atoms with Crippen LogP contribution in [0, 0.1) is 13.8 Å². The average Bonchev–Trinajstić information content (AvgIpc) is 3.23. The second kappa shape index (κ2) is 9.62. The molecule has 4 rings (SSSR count). The average molecular weight is 509 g/mol. The number of rotatable bonds is 7. The molecular formula is C25H25BrN4O3. The quantitative estimate of drug-likeness (QED) is 0.363. The van der Waals surface area contributed by atoms with E-state index in [0.29, 0.717) is 24.3 Å². The van der Waals surface area contributed by atoms with Gasteiger partial charge in [-0.25, -0.2) is 9.50 Å². The summed E-state index contributed by atoms with van der Waals surface area (Å²) in [6.45, 7) is 3.97. The molecule has 0 spiro atoms. The topological polar surface area (TPSA) is 77.8 Å². The van der Waals surface area contributed by atoms with Gasteiger partial charge in [0.2, 0.25) is 5.91 Å². The van der Waals surface area contributed by atoms with E-state index in [9.17, 15) is 4.79 Å². The lowest BCUT2D eigenvalue weighted by atomic mass is 10.1. The maximum Gasteiger partial charge on any atom is 0.224 e. The van der Waals surface area contributed by atoms with Gasteiger partial charge in [0.1, 0.15) is 11.5 Å². The van der Waals surface area contributed by atoms with E-state index in [1.165, 1.54) is 0 Å². The lowest BCUT2D eigenvalue weighted by Crippen LogP contribution is -2.14. The summed E-state index contributed by atoms with van der Waals surface area (Å²) in [6.07, 6.45) is 0.926. The first-order valence-corrected chi connectivity index (χ1v) is 11.3. The predicted octanol–water partition coefficient (Wildman–Crippen LogP) is 5.36. The number of anilines is 1. The van der Waals surface area contributed by atoms with Gasteiger partial charge in [-0.1, -0.05) is 15.9 Å². The molecule has 4 aromatic rings. The highest BCUT2D eigenvalue weighted by Gasteiger charge is 2.16. The number of amides is 1. The van der Waals surface area contributed by atoms with Crippen LogP contribution in [-0.4, -0.2) is 34.7 Å². The van der Waals surface area contributed by atoms with Crippen LogP contribution in [0.25, 0.3) is 16.9 Å². The highest BCUT2D eigenvalue weighted by atomic mass is 79.9. The summed E-state index contributed by atoms with van der Waals surface area (Å²) >= 11 is 3.40. The highest BCUT2D eigenvalue weighted by Crippen LogP contribution is 2.33. The molecule has 7 nitrogen and oxygen atoms in total. The van der Waals surface area contributed by atoms with Crippen molar-refractivity contribution in [2.24, 2.45) is 0 Å². The molecule has 0 fully saturated rings. The zero-order valence-electron chi connectivity index (χ0n) is 19.0. The van der Waals surface area contributed by atoms with Gasteiger partial charge >= 0.3 is 0 Å². The van der Waals surface area contributed by atoms with Crippen LogP contribution in [0.15, 0.2) is 53.0 Å². The van der Waals surface area contributed by atoms with Crippen LogP contribution in [0.5, 0.6) is 11.5 Å². The Bertz CT molecular complexity index is 1320. The highest BCUT2D eigenvalue weighted by molar-refractivity contribution is 9.10. The number of carbonyl (C=O) groups is 1. The minimum absolute atomic E-state index is 0.0413. The normalized spacial score (nSPS) is 10.9. The number of methoxy groups -OCH3 is 2. The van der Waals surface area contributed by atoms with Crippen molar-refractivity contribution >= 4 is 33.2 Å². The Morgan fingerprint density at radius 3 is 2.52 bits per heavy atom. The third kappa shape index (κ3) is 4.85. The second-order valence-electron chi connectivity index (χ2n) is 7.68. The zero-order chi connectivity index (χ0) is 23.5. The van der Waals surface area contributed by atoms with Crippen molar-refractivity contribution in [1.29, 1.82) is 0 Å². The molecule has 8 heteroatoms. The Hall–Kier alpha value is -3.39. The maximum absolute atomic E-state index is 12.5. The van der Waals surface area contributed by atoms with Gasteiger partial charge in [-0.15, -0.1) is 0 Å². The predicted molar refractivity (Wildman–Crippen MR) is 132 cm³/mol. The van der Waals surface area contributed by atoms with Crippen LogP contribution in [0.4, 0.5) is 5.69 Å². The van der Waals surface area contributed by atoms with Crippen molar-refractivity contribution in [3.05, 3.63) is 70.0 Å². The third-order valence-electron chi connectivity index (χ3n) is 5.58. The summed E-state index contributed by atoms with van der Waals surface area (Å²) in [5.74, 6) is 1.35. The van der Waals surface area contributed by atoms with Gasteiger partial charge in [0.25, 0.3) is 0 Å². The van der Waals surface area contributed by atoms with E-state index in [1.54, 1.807) is 14.2 Å². The Balaban J connectivity index is 1.58. The standard InChI is InChI=1S/C25H25BrN4O3/c1-15-20(11-12-25(31)28-18-7-5-17(26)6-8-18)16(2)30-24(27-15)14-22(29-30)21-10-9-19(32-3)13-23(21)33-4/h5-10,13-14H,11-12H2,1-4H3,(H,28,31). The summed E-state index contributed by atoms with van der Waals surface area (Å²) in [5, 5.41) is 7.72. The number of ether oxygens (including phenoxy) is 2. The molecule has 0 aliphatic carbocycles. The van der Waals surface area contributed by atoms with Gasteiger partial charge in [-0.2, -0.15) is 5.10 Å². The van der Waals surface area contributed by atoms with Crippen molar-refractivity contribution in [2.45, 2.75) is 26.7 Å². The summed E-state index contributed by atoms with van der Waals surface area (Å²) in [5.41, 5.74) is 6.02. The van der Waals surface area contributed by atoms with Crippen molar-refractivity contribution < 1.29 is 14.3 Å². The van der Waals surface area contributed by atoms with Gasteiger partial charge in [-0.05, 0) is 62.2 Å². The first-order chi connectivity index (χ1) is 15.9. The lowest BCUT2D eigenvalue weighted by molar-refractivity contribution is -0.116. The number of nitrogens with one attached hydrogen (secondary N) is 1. The lowest BCUT2D eigenvalue weighted by Gasteiger charge is -2.11. The molecule has 0 saturated carbocycles. The Morgan fingerprint density at radius 1 is 1.06 bits per heavy atom. The van der Waals surface area contributed by atoms with Crippen LogP contribution >= 0.6 is 15.9 Å². The van der Waals surface area contributed by atoms with Gasteiger partial charge in [0.15, 0.2) is 5.65 Å². The van der Waals surface area contributed by atoms with Gasteiger partial charge in [0.05, 0.1) is 19.9 Å². The molecule has 2 aromatic heterocycles. The van der Waals surface area contributed by atoms with Gasteiger partial charge in [0, 0.05) is 45.7 Å². The van der Waals surface area contributed by atoms with Crippen LogP contribution in [0.3, 0.4) is 0 Å². The fraction of sp³-hybridized carbons (Fsp3) is 0.240. The molecule has 0 aliphatic heterocycles. The first-order valence-electron chi connectivity index (χ1n) is 10.5. The molecule has 33 heavy (non-hydrogen) atoms. The molecule has 1 N–H and O–H groups in total. The Morgan fingerprint density at radius 2 is 1.82 bits per heavy atom. The summed E-state index contributed by atoms with van der Waals surface area (Å²) in [6, 6.07) is 15.1. The molecular weight excluding hydrogens is 484 g/mol. The van der Waals surface area contributed by atoms with Crippen molar-refractivity contribution in [1.82, 2.24) is 14.6 Å². The number of aromatic nitrogens is 3. The number of aryl methyl sites for hydroxylation is 2. The van der Waals surface area contributed by atoms with Crippen molar-refractivity contribution in [3.63, 3.8) is 0 Å². The molecule has 1 amide bonds. The van der Waals surface area contributed by atoms with Gasteiger partial charge in [-0.3, -0.25) is 4.79 Å². The first kappa shape index (κ1) is 22.8. The van der Waals surface area contributed by atoms with Crippen LogP contribution in [-0.2, 0) is 11.2 Å². The van der Waals surface area contributed by atoms with Crippen LogP contribution in [0.2, 0.25) is 0 Å². The third-order valence-corrected chi connectivity index (χ3v) is 6.11. The molecule has 0 bridgehead atoms. The maximum atomic E-state index is 12.5. The molecule has 0 atom stereocenters. The van der Waals surface area contributed by atoms with E-state index < -0.39 is 0 Å². The van der Waals surface area contributed by atoms with Crippen LogP contribution in [0.1, 0.15) is 23.4 Å². The van der Waals surface area contributed by atoms with Crippen molar-refractivity contribution in [3.8, 4) is 22.8 Å². The Labute approximate surface area is 200 Å². The second-order valence-corrected chi connectivity index (χ2v) is 8.60. The largest absolute Gasteiger partial charge is 0.497 e. The van der Waals surface area contributed by atoms with E-state index in [1.807, 2.05) is 66.9 Å². The molecule has 2 heterocycles.